The van der Waals surface area contributed by atoms with Crippen molar-refractivity contribution in [1.82, 2.24) is 5.32 Å². The monoisotopic (exact) mass is 266 g/mol. The SMILES string of the molecule is CC(C)(C)OC(=O)NCc1cccc(C(N)=S)c1. The van der Waals surface area contributed by atoms with Crippen LogP contribution in [0.15, 0.2) is 24.3 Å². The number of ether oxygens (including phenoxy) is 1. The van der Waals surface area contributed by atoms with Crippen LogP contribution in [0.5, 0.6) is 0 Å². The summed E-state index contributed by atoms with van der Waals surface area (Å²) in [5.74, 6) is 0. The predicted molar refractivity (Wildman–Crippen MR) is 75.4 cm³/mol. The van der Waals surface area contributed by atoms with E-state index >= 15 is 0 Å². The third kappa shape index (κ3) is 5.14. The lowest BCUT2D eigenvalue weighted by atomic mass is 10.1. The van der Waals surface area contributed by atoms with Crippen LogP contribution in [-0.4, -0.2) is 16.7 Å². The molecule has 0 radical (unpaired) electrons. The summed E-state index contributed by atoms with van der Waals surface area (Å²) in [4.78, 5) is 11.8. The summed E-state index contributed by atoms with van der Waals surface area (Å²) >= 11 is 4.89. The molecular weight excluding hydrogens is 248 g/mol. The summed E-state index contributed by atoms with van der Waals surface area (Å²) in [6.45, 7) is 5.84. The first-order chi connectivity index (χ1) is 8.28. The summed E-state index contributed by atoms with van der Waals surface area (Å²) in [5.41, 5.74) is 6.75. The van der Waals surface area contributed by atoms with E-state index in [0.29, 0.717) is 11.5 Å². The molecule has 0 atom stereocenters. The van der Waals surface area contributed by atoms with Crippen molar-refractivity contribution in [2.45, 2.75) is 32.9 Å². The van der Waals surface area contributed by atoms with Gasteiger partial charge in [-0.3, -0.25) is 0 Å². The van der Waals surface area contributed by atoms with Crippen LogP contribution in [0.4, 0.5) is 4.79 Å². The van der Waals surface area contributed by atoms with Gasteiger partial charge in [0.05, 0.1) is 0 Å². The molecule has 0 aliphatic heterocycles. The number of carbonyl (C=O) groups excluding carboxylic acids is 1. The van der Waals surface area contributed by atoms with E-state index in [4.69, 9.17) is 22.7 Å². The van der Waals surface area contributed by atoms with Crippen LogP contribution in [0.1, 0.15) is 31.9 Å². The van der Waals surface area contributed by atoms with Crippen LogP contribution in [0.3, 0.4) is 0 Å². The molecule has 0 aliphatic carbocycles. The largest absolute Gasteiger partial charge is 0.444 e. The smallest absolute Gasteiger partial charge is 0.407 e. The third-order valence-electron chi connectivity index (χ3n) is 2.05. The van der Waals surface area contributed by atoms with Gasteiger partial charge < -0.3 is 15.8 Å². The van der Waals surface area contributed by atoms with Crippen molar-refractivity contribution in [3.8, 4) is 0 Å². The maximum Gasteiger partial charge on any atom is 0.407 e. The Labute approximate surface area is 113 Å². The van der Waals surface area contributed by atoms with Gasteiger partial charge in [0.1, 0.15) is 10.6 Å². The van der Waals surface area contributed by atoms with Gasteiger partial charge in [0.2, 0.25) is 0 Å². The summed E-state index contributed by atoms with van der Waals surface area (Å²) in [7, 11) is 0. The minimum absolute atomic E-state index is 0.342. The molecule has 0 unspecified atom stereocenters. The first-order valence-corrected chi connectivity index (χ1v) is 6.04. The van der Waals surface area contributed by atoms with Gasteiger partial charge in [-0.1, -0.05) is 30.4 Å². The van der Waals surface area contributed by atoms with Gasteiger partial charge in [-0.05, 0) is 32.4 Å². The zero-order valence-electron chi connectivity index (χ0n) is 10.8. The van der Waals surface area contributed by atoms with Crippen LogP contribution < -0.4 is 11.1 Å². The molecule has 0 fully saturated rings. The molecule has 5 heteroatoms. The third-order valence-corrected chi connectivity index (χ3v) is 2.28. The number of hydrogen-bond donors (Lipinski definition) is 2. The first-order valence-electron chi connectivity index (χ1n) is 5.63. The summed E-state index contributed by atoms with van der Waals surface area (Å²) < 4.78 is 5.14. The molecule has 1 aromatic rings. The molecule has 0 spiro atoms. The normalized spacial score (nSPS) is 10.8. The quantitative estimate of drug-likeness (QED) is 0.824. The van der Waals surface area contributed by atoms with Crippen LogP contribution in [0.25, 0.3) is 0 Å². The molecule has 0 saturated heterocycles. The van der Waals surface area contributed by atoms with Gasteiger partial charge >= 0.3 is 6.09 Å². The number of nitrogens with two attached hydrogens (primary N) is 1. The molecule has 18 heavy (non-hydrogen) atoms. The first kappa shape index (κ1) is 14.4. The van der Waals surface area contributed by atoms with Gasteiger partial charge in [0.25, 0.3) is 0 Å². The second-order valence-electron chi connectivity index (χ2n) is 4.92. The van der Waals surface area contributed by atoms with E-state index in [-0.39, 0.29) is 0 Å². The number of alkyl carbamates (subject to hydrolysis) is 1. The molecule has 0 aliphatic rings. The maximum atomic E-state index is 11.5. The minimum Gasteiger partial charge on any atom is -0.444 e. The number of carbonyl (C=O) groups is 1. The Morgan fingerprint density at radius 1 is 1.44 bits per heavy atom. The Morgan fingerprint density at radius 2 is 2.11 bits per heavy atom. The summed E-state index contributed by atoms with van der Waals surface area (Å²) in [6, 6.07) is 7.42. The number of thiocarbonyl (C=S) groups is 1. The average Bonchev–Trinajstić information content (AvgIpc) is 2.24. The lowest BCUT2D eigenvalue weighted by Gasteiger charge is -2.19. The highest BCUT2D eigenvalue weighted by Crippen LogP contribution is 2.08. The number of amides is 1. The topological polar surface area (TPSA) is 64.3 Å². The second kappa shape index (κ2) is 5.82. The highest BCUT2D eigenvalue weighted by molar-refractivity contribution is 7.80. The molecule has 0 saturated carbocycles. The van der Waals surface area contributed by atoms with E-state index < -0.39 is 11.7 Å². The van der Waals surface area contributed by atoms with Crippen molar-refractivity contribution < 1.29 is 9.53 Å². The summed E-state index contributed by atoms with van der Waals surface area (Å²) in [5, 5.41) is 2.68. The molecule has 0 bridgehead atoms. The average molecular weight is 266 g/mol. The molecular formula is C13H18N2O2S. The highest BCUT2D eigenvalue weighted by atomic mass is 32.1. The lowest BCUT2D eigenvalue weighted by Crippen LogP contribution is -2.32. The van der Waals surface area contributed by atoms with Gasteiger partial charge in [-0.15, -0.1) is 0 Å². The molecule has 98 valence electrons. The fourth-order valence-corrected chi connectivity index (χ4v) is 1.45. The van der Waals surface area contributed by atoms with E-state index in [9.17, 15) is 4.79 Å². The lowest BCUT2D eigenvalue weighted by molar-refractivity contribution is 0.0523. The minimum atomic E-state index is -0.495. The maximum absolute atomic E-state index is 11.5. The predicted octanol–water partition coefficient (Wildman–Crippen LogP) is 2.35. The van der Waals surface area contributed by atoms with Crippen molar-refractivity contribution in [3.63, 3.8) is 0 Å². The van der Waals surface area contributed by atoms with E-state index in [1.165, 1.54) is 0 Å². The standard InChI is InChI=1S/C13H18N2O2S/c1-13(2,3)17-12(16)15-8-9-5-4-6-10(7-9)11(14)18/h4-7H,8H2,1-3H3,(H2,14,18)(H,15,16). The Bertz CT molecular complexity index is 453. The van der Waals surface area contributed by atoms with Crippen LogP contribution in [-0.2, 0) is 11.3 Å². The van der Waals surface area contributed by atoms with Crippen molar-refractivity contribution in [2.75, 3.05) is 0 Å². The van der Waals surface area contributed by atoms with E-state index in [1.807, 2.05) is 45.0 Å². The molecule has 4 nitrogen and oxygen atoms in total. The van der Waals surface area contributed by atoms with Crippen molar-refractivity contribution >= 4 is 23.3 Å². The fraction of sp³-hybridized carbons (Fsp3) is 0.385. The number of benzene rings is 1. The molecule has 1 rings (SSSR count). The Balaban J connectivity index is 2.56. The Morgan fingerprint density at radius 3 is 2.67 bits per heavy atom. The van der Waals surface area contributed by atoms with Gasteiger partial charge in [-0.25, -0.2) is 4.79 Å². The molecule has 0 aromatic heterocycles. The summed E-state index contributed by atoms with van der Waals surface area (Å²) in [6.07, 6.45) is -0.441. The van der Waals surface area contributed by atoms with Gasteiger partial charge in [0, 0.05) is 12.1 Å². The number of rotatable bonds is 3. The second-order valence-corrected chi connectivity index (χ2v) is 5.36. The highest BCUT2D eigenvalue weighted by Gasteiger charge is 2.15. The van der Waals surface area contributed by atoms with Crippen molar-refractivity contribution in [2.24, 2.45) is 5.73 Å². The molecule has 1 amide bonds. The zero-order chi connectivity index (χ0) is 13.8. The van der Waals surface area contributed by atoms with Crippen LogP contribution in [0, 0.1) is 0 Å². The van der Waals surface area contributed by atoms with Crippen LogP contribution in [0.2, 0.25) is 0 Å². The Hall–Kier alpha value is -1.62. The Kier molecular flexibility index (Phi) is 4.67. The van der Waals surface area contributed by atoms with Crippen LogP contribution >= 0.6 is 12.2 Å². The van der Waals surface area contributed by atoms with Crippen molar-refractivity contribution in [1.29, 1.82) is 0 Å². The molecule has 3 N–H and O–H groups in total. The molecule has 1 aromatic carbocycles. The van der Waals surface area contributed by atoms with Gasteiger partial charge in [-0.2, -0.15) is 0 Å². The van der Waals surface area contributed by atoms with E-state index in [0.717, 1.165) is 11.1 Å². The van der Waals surface area contributed by atoms with E-state index in [2.05, 4.69) is 5.32 Å². The zero-order valence-corrected chi connectivity index (χ0v) is 11.6. The van der Waals surface area contributed by atoms with Crippen molar-refractivity contribution in [3.05, 3.63) is 35.4 Å². The number of nitrogens with one attached hydrogen (secondary N) is 1. The van der Waals surface area contributed by atoms with Gasteiger partial charge in [0.15, 0.2) is 0 Å². The van der Waals surface area contributed by atoms with E-state index in [1.54, 1.807) is 0 Å². The fourth-order valence-electron chi connectivity index (χ4n) is 1.32. The molecule has 0 heterocycles. The number of hydrogen-bond acceptors (Lipinski definition) is 3.